The van der Waals surface area contributed by atoms with Crippen LogP contribution < -0.4 is 5.32 Å². The molecule has 0 aliphatic heterocycles. The summed E-state index contributed by atoms with van der Waals surface area (Å²) in [6.45, 7) is 3.30. The topological polar surface area (TPSA) is 58.6 Å². The molecule has 0 spiro atoms. The number of rotatable bonds is 6. The molecule has 0 aromatic rings. The number of carbonyl (C=O) groups is 1. The van der Waals surface area contributed by atoms with Crippen LogP contribution in [0.15, 0.2) is 0 Å². The van der Waals surface area contributed by atoms with Crippen LogP contribution in [0.1, 0.15) is 32.6 Å². The summed E-state index contributed by atoms with van der Waals surface area (Å²) in [5.41, 5.74) is 0. The van der Waals surface area contributed by atoms with E-state index in [1.54, 1.807) is 0 Å². The van der Waals surface area contributed by atoms with Crippen molar-refractivity contribution < 1.29 is 14.6 Å². The van der Waals surface area contributed by atoms with Crippen LogP contribution in [0.3, 0.4) is 0 Å². The quantitative estimate of drug-likeness (QED) is 0.724. The van der Waals surface area contributed by atoms with Crippen molar-refractivity contribution in [3.05, 3.63) is 0 Å². The highest BCUT2D eigenvalue weighted by Gasteiger charge is 2.22. The lowest BCUT2D eigenvalue weighted by Crippen LogP contribution is -2.43. The lowest BCUT2D eigenvalue weighted by Gasteiger charge is -2.27. The fourth-order valence-electron chi connectivity index (χ4n) is 2.44. The molecule has 1 aliphatic rings. The first-order valence-electron chi connectivity index (χ1n) is 6.08. The van der Waals surface area contributed by atoms with Gasteiger partial charge in [-0.05, 0) is 31.2 Å². The molecule has 4 heteroatoms. The molecule has 0 saturated heterocycles. The van der Waals surface area contributed by atoms with Gasteiger partial charge in [0, 0.05) is 7.11 Å². The highest BCUT2D eigenvalue weighted by molar-refractivity contribution is 5.73. The molecule has 3 atom stereocenters. The molecular formula is C12H23NO3. The monoisotopic (exact) mass is 229 g/mol. The second-order valence-electron chi connectivity index (χ2n) is 4.89. The summed E-state index contributed by atoms with van der Waals surface area (Å²) in [5.74, 6) is 0.583. The SMILES string of the molecule is COCC(NCC1CCCC(C)C1)C(=O)O. The Balaban J connectivity index is 2.28. The molecule has 94 valence electrons. The van der Waals surface area contributed by atoms with Gasteiger partial charge in [-0.3, -0.25) is 4.79 Å². The van der Waals surface area contributed by atoms with Gasteiger partial charge < -0.3 is 15.2 Å². The van der Waals surface area contributed by atoms with E-state index in [4.69, 9.17) is 9.84 Å². The molecule has 0 heterocycles. The Kier molecular flexibility index (Phi) is 5.77. The molecule has 0 aromatic carbocycles. The van der Waals surface area contributed by atoms with Gasteiger partial charge in [-0.15, -0.1) is 0 Å². The minimum Gasteiger partial charge on any atom is -0.480 e. The molecule has 0 aromatic heterocycles. The summed E-state index contributed by atoms with van der Waals surface area (Å²) in [4.78, 5) is 10.9. The zero-order chi connectivity index (χ0) is 12.0. The average Bonchev–Trinajstić information content (AvgIpc) is 2.24. The van der Waals surface area contributed by atoms with Crippen LogP contribution in [0.25, 0.3) is 0 Å². The van der Waals surface area contributed by atoms with Crippen LogP contribution >= 0.6 is 0 Å². The molecule has 4 nitrogen and oxygen atoms in total. The van der Waals surface area contributed by atoms with Gasteiger partial charge in [0.25, 0.3) is 0 Å². The van der Waals surface area contributed by atoms with E-state index in [1.807, 2.05) is 0 Å². The van der Waals surface area contributed by atoms with Crippen LogP contribution in [0.4, 0.5) is 0 Å². The molecule has 1 rings (SSSR count). The summed E-state index contributed by atoms with van der Waals surface area (Å²) < 4.78 is 4.88. The summed E-state index contributed by atoms with van der Waals surface area (Å²) in [6.07, 6.45) is 5.02. The largest absolute Gasteiger partial charge is 0.480 e. The Hall–Kier alpha value is -0.610. The van der Waals surface area contributed by atoms with Crippen molar-refractivity contribution in [1.82, 2.24) is 5.32 Å². The number of carboxylic acids is 1. The summed E-state index contributed by atoms with van der Waals surface area (Å²) in [5, 5.41) is 12.0. The maximum Gasteiger partial charge on any atom is 0.323 e. The third kappa shape index (κ3) is 4.49. The summed E-state index contributed by atoms with van der Waals surface area (Å²) in [6, 6.07) is -0.567. The first-order chi connectivity index (χ1) is 7.63. The van der Waals surface area contributed by atoms with E-state index in [1.165, 1.54) is 32.8 Å². The number of nitrogens with one attached hydrogen (secondary N) is 1. The third-order valence-electron chi connectivity index (χ3n) is 3.33. The van der Waals surface area contributed by atoms with Gasteiger partial charge in [0.1, 0.15) is 6.04 Å². The van der Waals surface area contributed by atoms with Gasteiger partial charge in [-0.2, -0.15) is 0 Å². The van der Waals surface area contributed by atoms with Crippen molar-refractivity contribution in [2.75, 3.05) is 20.3 Å². The fourth-order valence-corrected chi connectivity index (χ4v) is 2.44. The lowest BCUT2D eigenvalue weighted by molar-refractivity contribution is -0.140. The van der Waals surface area contributed by atoms with Crippen molar-refractivity contribution in [2.24, 2.45) is 11.8 Å². The first-order valence-corrected chi connectivity index (χ1v) is 6.08. The van der Waals surface area contributed by atoms with Gasteiger partial charge in [-0.25, -0.2) is 0 Å². The number of ether oxygens (including phenoxy) is 1. The van der Waals surface area contributed by atoms with Crippen molar-refractivity contribution in [1.29, 1.82) is 0 Å². The lowest BCUT2D eigenvalue weighted by atomic mass is 9.82. The highest BCUT2D eigenvalue weighted by Crippen LogP contribution is 2.27. The van der Waals surface area contributed by atoms with Crippen molar-refractivity contribution in [3.63, 3.8) is 0 Å². The predicted molar refractivity (Wildman–Crippen MR) is 62.4 cm³/mol. The number of carboxylic acid groups (broad SMARTS) is 1. The second-order valence-corrected chi connectivity index (χ2v) is 4.89. The first kappa shape index (κ1) is 13.5. The smallest absolute Gasteiger partial charge is 0.323 e. The standard InChI is InChI=1S/C12H23NO3/c1-9-4-3-5-10(6-9)7-13-11(8-16-2)12(14)15/h9-11,13H,3-8H2,1-2H3,(H,14,15). The number of methoxy groups -OCH3 is 1. The molecule has 3 unspecified atom stereocenters. The zero-order valence-corrected chi connectivity index (χ0v) is 10.2. The van der Waals surface area contributed by atoms with E-state index in [0.717, 1.165) is 12.5 Å². The molecule has 0 radical (unpaired) electrons. The van der Waals surface area contributed by atoms with E-state index in [0.29, 0.717) is 5.92 Å². The molecule has 1 aliphatic carbocycles. The highest BCUT2D eigenvalue weighted by atomic mass is 16.5. The normalized spacial score (nSPS) is 27.6. The fraction of sp³-hybridized carbons (Fsp3) is 0.917. The van der Waals surface area contributed by atoms with Gasteiger partial charge in [-0.1, -0.05) is 19.8 Å². The zero-order valence-electron chi connectivity index (χ0n) is 10.2. The predicted octanol–water partition coefficient (Wildman–Crippen LogP) is 1.50. The maximum atomic E-state index is 10.9. The minimum atomic E-state index is -0.828. The van der Waals surface area contributed by atoms with Gasteiger partial charge >= 0.3 is 5.97 Å². The van der Waals surface area contributed by atoms with Crippen LogP contribution in [-0.4, -0.2) is 37.4 Å². The minimum absolute atomic E-state index is 0.234. The molecule has 0 amide bonds. The second kappa shape index (κ2) is 6.86. The van der Waals surface area contributed by atoms with E-state index in [2.05, 4.69) is 12.2 Å². The number of hydrogen-bond donors (Lipinski definition) is 2. The van der Waals surface area contributed by atoms with E-state index in [-0.39, 0.29) is 6.61 Å². The van der Waals surface area contributed by atoms with Gasteiger partial charge in [0.2, 0.25) is 0 Å². The average molecular weight is 229 g/mol. The number of aliphatic carboxylic acids is 1. The Morgan fingerprint density at radius 3 is 2.88 bits per heavy atom. The van der Waals surface area contributed by atoms with Crippen molar-refractivity contribution in [3.8, 4) is 0 Å². The Labute approximate surface area is 97.4 Å². The molecule has 1 fully saturated rings. The summed E-state index contributed by atoms with van der Waals surface area (Å²) >= 11 is 0. The summed E-state index contributed by atoms with van der Waals surface area (Å²) in [7, 11) is 1.53. The Bertz CT molecular complexity index is 220. The van der Waals surface area contributed by atoms with Crippen LogP contribution in [0, 0.1) is 11.8 Å². The Morgan fingerprint density at radius 1 is 1.56 bits per heavy atom. The maximum absolute atomic E-state index is 10.9. The molecular weight excluding hydrogens is 206 g/mol. The van der Waals surface area contributed by atoms with Gasteiger partial charge in [0.05, 0.1) is 6.61 Å². The molecule has 1 saturated carbocycles. The molecule has 16 heavy (non-hydrogen) atoms. The molecule has 0 bridgehead atoms. The van der Waals surface area contributed by atoms with Crippen molar-refractivity contribution in [2.45, 2.75) is 38.6 Å². The van der Waals surface area contributed by atoms with E-state index >= 15 is 0 Å². The van der Waals surface area contributed by atoms with Crippen LogP contribution in [0.5, 0.6) is 0 Å². The third-order valence-corrected chi connectivity index (χ3v) is 3.33. The van der Waals surface area contributed by atoms with Crippen molar-refractivity contribution >= 4 is 5.97 Å². The van der Waals surface area contributed by atoms with Crippen LogP contribution in [-0.2, 0) is 9.53 Å². The van der Waals surface area contributed by atoms with E-state index in [9.17, 15) is 4.79 Å². The molecule has 2 N–H and O–H groups in total. The van der Waals surface area contributed by atoms with Crippen LogP contribution in [0.2, 0.25) is 0 Å². The Morgan fingerprint density at radius 2 is 2.31 bits per heavy atom. The van der Waals surface area contributed by atoms with E-state index < -0.39 is 12.0 Å². The number of hydrogen-bond acceptors (Lipinski definition) is 3. The van der Waals surface area contributed by atoms with Gasteiger partial charge in [0.15, 0.2) is 0 Å².